The van der Waals surface area contributed by atoms with Gasteiger partial charge in [-0.15, -0.1) is 0 Å². The first kappa shape index (κ1) is 14.7. The first-order valence-electron chi connectivity index (χ1n) is 8.45. The SMILES string of the molecule is NC1Oc2cnccc2C1(N)c1cccc(C2CCCCC2)c1. The van der Waals surface area contributed by atoms with Gasteiger partial charge in [-0.2, -0.15) is 0 Å². The molecule has 2 atom stereocenters. The van der Waals surface area contributed by atoms with Crippen LogP contribution in [-0.2, 0) is 5.54 Å². The van der Waals surface area contributed by atoms with E-state index >= 15 is 0 Å². The fourth-order valence-electron chi connectivity index (χ4n) is 4.00. The molecule has 4 rings (SSSR count). The number of benzene rings is 1. The Morgan fingerprint density at radius 1 is 1.13 bits per heavy atom. The number of nitrogens with two attached hydrogens (primary N) is 2. The summed E-state index contributed by atoms with van der Waals surface area (Å²) in [6, 6.07) is 10.5. The van der Waals surface area contributed by atoms with E-state index in [2.05, 4.69) is 29.2 Å². The van der Waals surface area contributed by atoms with Gasteiger partial charge in [0.1, 0.15) is 11.3 Å². The fourth-order valence-corrected chi connectivity index (χ4v) is 4.00. The Balaban J connectivity index is 1.75. The van der Waals surface area contributed by atoms with Crippen molar-refractivity contribution in [2.24, 2.45) is 11.5 Å². The smallest absolute Gasteiger partial charge is 0.174 e. The molecule has 1 aliphatic carbocycles. The third-order valence-corrected chi connectivity index (χ3v) is 5.37. The molecule has 1 fully saturated rings. The van der Waals surface area contributed by atoms with E-state index in [-0.39, 0.29) is 0 Å². The average Bonchev–Trinajstić information content (AvgIpc) is 2.88. The van der Waals surface area contributed by atoms with Crippen molar-refractivity contribution in [2.75, 3.05) is 0 Å². The lowest BCUT2D eigenvalue weighted by molar-refractivity contribution is 0.177. The average molecular weight is 309 g/mol. The number of aromatic nitrogens is 1. The molecule has 4 heteroatoms. The zero-order valence-corrected chi connectivity index (χ0v) is 13.2. The summed E-state index contributed by atoms with van der Waals surface area (Å²) in [5.74, 6) is 1.33. The molecular weight excluding hydrogens is 286 g/mol. The fraction of sp³-hybridized carbons (Fsp3) is 0.421. The quantitative estimate of drug-likeness (QED) is 0.894. The van der Waals surface area contributed by atoms with Gasteiger partial charge >= 0.3 is 0 Å². The molecule has 2 heterocycles. The Kier molecular flexibility index (Phi) is 3.58. The highest BCUT2D eigenvalue weighted by Gasteiger charge is 2.46. The van der Waals surface area contributed by atoms with Gasteiger partial charge in [0.15, 0.2) is 6.23 Å². The molecule has 4 N–H and O–H groups in total. The van der Waals surface area contributed by atoms with Gasteiger partial charge in [-0.05, 0) is 36.0 Å². The molecule has 0 amide bonds. The predicted molar refractivity (Wildman–Crippen MR) is 90.1 cm³/mol. The topological polar surface area (TPSA) is 74.2 Å². The van der Waals surface area contributed by atoms with Crippen LogP contribution in [0.15, 0.2) is 42.7 Å². The minimum atomic E-state index is -0.817. The minimum absolute atomic E-state index is 0.594. The minimum Gasteiger partial charge on any atom is -0.471 e. The molecule has 0 radical (unpaired) electrons. The molecule has 1 aliphatic heterocycles. The van der Waals surface area contributed by atoms with Crippen LogP contribution in [0.2, 0.25) is 0 Å². The summed E-state index contributed by atoms with van der Waals surface area (Å²) in [6.07, 6.45) is 9.37. The van der Waals surface area contributed by atoms with E-state index in [1.54, 1.807) is 12.4 Å². The molecule has 2 unspecified atom stereocenters. The van der Waals surface area contributed by atoms with Crippen LogP contribution in [0.1, 0.15) is 54.7 Å². The number of nitrogens with zero attached hydrogens (tertiary/aromatic N) is 1. The van der Waals surface area contributed by atoms with E-state index in [9.17, 15) is 0 Å². The number of rotatable bonds is 2. The third kappa shape index (κ3) is 2.33. The van der Waals surface area contributed by atoms with Gasteiger partial charge in [0.05, 0.1) is 6.20 Å². The van der Waals surface area contributed by atoms with E-state index in [1.165, 1.54) is 37.7 Å². The summed E-state index contributed by atoms with van der Waals surface area (Å²) < 4.78 is 5.75. The number of hydrogen-bond acceptors (Lipinski definition) is 4. The first-order chi connectivity index (χ1) is 11.2. The Morgan fingerprint density at radius 2 is 1.96 bits per heavy atom. The highest BCUT2D eigenvalue weighted by Crippen LogP contribution is 2.43. The van der Waals surface area contributed by atoms with Gasteiger partial charge in [0.2, 0.25) is 0 Å². The van der Waals surface area contributed by atoms with Gasteiger partial charge in [0.25, 0.3) is 0 Å². The van der Waals surface area contributed by atoms with E-state index in [1.807, 2.05) is 6.07 Å². The Hall–Kier alpha value is -1.91. The maximum Gasteiger partial charge on any atom is 0.174 e. The zero-order chi connectivity index (χ0) is 15.9. The molecule has 1 aromatic carbocycles. The van der Waals surface area contributed by atoms with Crippen LogP contribution in [-0.4, -0.2) is 11.2 Å². The summed E-state index contributed by atoms with van der Waals surface area (Å²) in [4.78, 5) is 4.10. The van der Waals surface area contributed by atoms with E-state index in [4.69, 9.17) is 16.2 Å². The second-order valence-corrected chi connectivity index (χ2v) is 6.74. The van der Waals surface area contributed by atoms with Crippen molar-refractivity contribution in [3.8, 4) is 5.75 Å². The number of fused-ring (bicyclic) bond motifs is 1. The van der Waals surface area contributed by atoms with Crippen molar-refractivity contribution < 1.29 is 4.74 Å². The van der Waals surface area contributed by atoms with Crippen molar-refractivity contribution in [1.82, 2.24) is 4.98 Å². The van der Waals surface area contributed by atoms with Crippen LogP contribution in [0.5, 0.6) is 5.75 Å². The predicted octanol–water partition coefficient (Wildman–Crippen LogP) is 3.01. The standard InChI is InChI=1S/C19H23N3O/c20-18-19(21,16-9-10-22-12-17(16)23-18)15-8-4-7-14(11-15)13-5-2-1-3-6-13/h4,7-13,18H,1-3,5-6,20-21H2. The molecule has 2 aliphatic rings. The van der Waals surface area contributed by atoms with Crippen LogP contribution in [0.25, 0.3) is 0 Å². The summed E-state index contributed by atoms with van der Waals surface area (Å²) in [5.41, 5.74) is 15.5. The second kappa shape index (κ2) is 5.62. The number of pyridine rings is 1. The lowest BCUT2D eigenvalue weighted by Gasteiger charge is -2.30. The Bertz CT molecular complexity index is 711. The lowest BCUT2D eigenvalue weighted by Crippen LogP contribution is -2.52. The summed E-state index contributed by atoms with van der Waals surface area (Å²) >= 11 is 0. The van der Waals surface area contributed by atoms with Gasteiger partial charge in [-0.25, -0.2) is 0 Å². The van der Waals surface area contributed by atoms with Crippen molar-refractivity contribution in [3.63, 3.8) is 0 Å². The second-order valence-electron chi connectivity index (χ2n) is 6.74. The van der Waals surface area contributed by atoms with Crippen LogP contribution in [0.3, 0.4) is 0 Å². The van der Waals surface area contributed by atoms with Crippen molar-refractivity contribution in [1.29, 1.82) is 0 Å². The third-order valence-electron chi connectivity index (χ3n) is 5.37. The number of ether oxygens (including phenoxy) is 1. The molecule has 4 nitrogen and oxygen atoms in total. The lowest BCUT2D eigenvalue weighted by atomic mass is 9.79. The van der Waals surface area contributed by atoms with Gasteiger partial charge < -0.3 is 10.5 Å². The normalized spacial score (nSPS) is 27.5. The van der Waals surface area contributed by atoms with Crippen LogP contribution in [0.4, 0.5) is 0 Å². The van der Waals surface area contributed by atoms with Gasteiger partial charge in [0, 0.05) is 11.8 Å². The maximum absolute atomic E-state index is 6.76. The highest BCUT2D eigenvalue weighted by molar-refractivity contribution is 5.50. The Labute approximate surface area is 136 Å². The van der Waals surface area contributed by atoms with Crippen molar-refractivity contribution in [3.05, 3.63) is 59.4 Å². The molecular formula is C19H23N3O. The Morgan fingerprint density at radius 3 is 2.78 bits per heavy atom. The molecule has 0 spiro atoms. The molecule has 120 valence electrons. The van der Waals surface area contributed by atoms with E-state index < -0.39 is 11.8 Å². The molecule has 0 saturated heterocycles. The van der Waals surface area contributed by atoms with E-state index in [0.717, 1.165) is 11.1 Å². The monoisotopic (exact) mass is 309 g/mol. The first-order valence-corrected chi connectivity index (χ1v) is 8.45. The summed E-state index contributed by atoms with van der Waals surface area (Å²) in [7, 11) is 0. The summed E-state index contributed by atoms with van der Waals surface area (Å²) in [5, 5.41) is 0. The van der Waals surface area contributed by atoms with Crippen LogP contribution in [0, 0.1) is 0 Å². The molecule has 1 aromatic heterocycles. The van der Waals surface area contributed by atoms with Crippen LogP contribution < -0.4 is 16.2 Å². The maximum atomic E-state index is 6.76. The molecule has 0 bridgehead atoms. The molecule has 2 aromatic rings. The summed E-state index contributed by atoms with van der Waals surface area (Å²) in [6.45, 7) is 0. The van der Waals surface area contributed by atoms with Gasteiger partial charge in [-0.3, -0.25) is 10.7 Å². The highest BCUT2D eigenvalue weighted by atomic mass is 16.5. The van der Waals surface area contributed by atoms with Crippen LogP contribution >= 0.6 is 0 Å². The van der Waals surface area contributed by atoms with Crippen molar-refractivity contribution in [2.45, 2.75) is 49.8 Å². The zero-order valence-electron chi connectivity index (χ0n) is 13.2. The van der Waals surface area contributed by atoms with E-state index in [0.29, 0.717) is 11.7 Å². The van der Waals surface area contributed by atoms with Gasteiger partial charge in [-0.1, -0.05) is 43.5 Å². The molecule has 23 heavy (non-hydrogen) atoms. The van der Waals surface area contributed by atoms with Crippen molar-refractivity contribution >= 4 is 0 Å². The molecule has 1 saturated carbocycles. The number of hydrogen-bond donors (Lipinski definition) is 2. The largest absolute Gasteiger partial charge is 0.471 e.